The first-order valence-corrected chi connectivity index (χ1v) is 11.1. The van der Waals surface area contributed by atoms with Crippen molar-refractivity contribution < 1.29 is 13.6 Å². The zero-order valence-corrected chi connectivity index (χ0v) is 19.2. The van der Waals surface area contributed by atoms with Gasteiger partial charge in [-0.25, -0.2) is 4.98 Å². The number of carbonyl (C=O) groups excluding carboxylic acids is 1. The van der Waals surface area contributed by atoms with E-state index >= 15 is 0 Å². The standard InChI is InChI=1S/C26H17Cl2N3O3/c27-19-12-18(13-20(28)14-19)22-9-7-21(33-22)8-10-24(32)30-15-16-3-5-17(6-4-16)26-31-25-23(34-26)2-1-11-29-25/h1-14H,15H2,(H,30,32)/b10-8+. The maximum Gasteiger partial charge on any atom is 0.244 e. The first kappa shape index (κ1) is 21.9. The number of nitrogens with one attached hydrogen (secondary N) is 1. The normalized spacial score (nSPS) is 11.4. The summed E-state index contributed by atoms with van der Waals surface area (Å²) < 4.78 is 11.5. The lowest BCUT2D eigenvalue weighted by atomic mass is 10.1. The Labute approximate surface area is 204 Å². The van der Waals surface area contributed by atoms with Gasteiger partial charge < -0.3 is 14.2 Å². The lowest BCUT2D eigenvalue weighted by Gasteiger charge is -2.03. The highest BCUT2D eigenvalue weighted by Gasteiger charge is 2.09. The molecule has 0 atom stereocenters. The molecule has 8 heteroatoms. The van der Waals surface area contributed by atoms with Crippen molar-refractivity contribution in [1.29, 1.82) is 0 Å². The Hall–Kier alpha value is -3.87. The van der Waals surface area contributed by atoms with E-state index in [1.165, 1.54) is 6.08 Å². The lowest BCUT2D eigenvalue weighted by molar-refractivity contribution is -0.116. The summed E-state index contributed by atoms with van der Waals surface area (Å²) >= 11 is 12.1. The first-order valence-electron chi connectivity index (χ1n) is 10.4. The molecule has 5 aromatic rings. The first-order chi connectivity index (χ1) is 16.5. The molecule has 34 heavy (non-hydrogen) atoms. The Morgan fingerprint density at radius 2 is 1.74 bits per heavy atom. The largest absolute Gasteiger partial charge is 0.457 e. The van der Waals surface area contributed by atoms with Gasteiger partial charge in [0.15, 0.2) is 11.2 Å². The summed E-state index contributed by atoms with van der Waals surface area (Å²) in [6.07, 6.45) is 4.71. The average Bonchev–Trinajstić information content (AvgIpc) is 3.48. The van der Waals surface area contributed by atoms with Gasteiger partial charge in [0, 0.05) is 40.0 Å². The number of halogens is 2. The fourth-order valence-corrected chi connectivity index (χ4v) is 3.88. The molecule has 2 aromatic carbocycles. The second-order valence-electron chi connectivity index (χ2n) is 7.45. The number of aromatic nitrogens is 2. The minimum atomic E-state index is -0.238. The number of furan rings is 1. The maximum absolute atomic E-state index is 12.2. The Balaban J connectivity index is 1.18. The summed E-state index contributed by atoms with van der Waals surface area (Å²) in [7, 11) is 0. The number of rotatable bonds is 6. The number of hydrogen-bond donors (Lipinski definition) is 1. The molecule has 0 unspecified atom stereocenters. The molecule has 0 fully saturated rings. The number of hydrogen-bond acceptors (Lipinski definition) is 5. The molecule has 5 rings (SSSR count). The van der Waals surface area contributed by atoms with Crippen LogP contribution in [0.4, 0.5) is 0 Å². The number of pyridine rings is 1. The van der Waals surface area contributed by atoms with Crippen LogP contribution in [0.3, 0.4) is 0 Å². The molecule has 3 heterocycles. The molecular formula is C26H17Cl2N3O3. The third kappa shape index (κ3) is 5.03. The van der Waals surface area contributed by atoms with Crippen LogP contribution in [0, 0.1) is 0 Å². The van der Waals surface area contributed by atoms with Gasteiger partial charge in [-0.2, -0.15) is 4.98 Å². The molecule has 0 radical (unpaired) electrons. The molecule has 0 spiro atoms. The molecule has 0 aliphatic rings. The second-order valence-corrected chi connectivity index (χ2v) is 8.33. The Morgan fingerprint density at radius 3 is 2.50 bits per heavy atom. The smallest absolute Gasteiger partial charge is 0.244 e. The van der Waals surface area contributed by atoms with Gasteiger partial charge >= 0.3 is 0 Å². The van der Waals surface area contributed by atoms with E-state index in [1.807, 2.05) is 30.3 Å². The fraction of sp³-hybridized carbons (Fsp3) is 0.0385. The van der Waals surface area contributed by atoms with Crippen LogP contribution in [0.5, 0.6) is 0 Å². The van der Waals surface area contributed by atoms with E-state index in [9.17, 15) is 4.79 Å². The van der Waals surface area contributed by atoms with Gasteiger partial charge in [-0.1, -0.05) is 35.3 Å². The van der Waals surface area contributed by atoms with Gasteiger partial charge in [-0.05, 0) is 66.2 Å². The van der Waals surface area contributed by atoms with Crippen molar-refractivity contribution >= 4 is 46.4 Å². The highest BCUT2D eigenvalue weighted by atomic mass is 35.5. The van der Waals surface area contributed by atoms with Crippen molar-refractivity contribution in [3.63, 3.8) is 0 Å². The van der Waals surface area contributed by atoms with E-state index in [0.29, 0.717) is 45.2 Å². The maximum atomic E-state index is 12.2. The minimum Gasteiger partial charge on any atom is -0.457 e. The monoisotopic (exact) mass is 489 g/mol. The van der Waals surface area contributed by atoms with Crippen LogP contribution in [0.1, 0.15) is 11.3 Å². The van der Waals surface area contributed by atoms with E-state index in [2.05, 4.69) is 15.3 Å². The summed E-state index contributed by atoms with van der Waals surface area (Å²) in [5.74, 6) is 1.42. The van der Waals surface area contributed by atoms with Crippen molar-refractivity contribution in [3.05, 3.63) is 100 Å². The Kier molecular flexibility index (Phi) is 6.16. The molecule has 3 aromatic heterocycles. The molecule has 1 N–H and O–H groups in total. The van der Waals surface area contributed by atoms with Crippen molar-refractivity contribution in [2.24, 2.45) is 0 Å². The van der Waals surface area contributed by atoms with Crippen LogP contribution in [0.2, 0.25) is 10.0 Å². The molecule has 0 aliphatic heterocycles. The van der Waals surface area contributed by atoms with Gasteiger partial charge in [0.2, 0.25) is 11.8 Å². The van der Waals surface area contributed by atoms with Gasteiger partial charge in [0.05, 0.1) is 0 Å². The van der Waals surface area contributed by atoms with Gasteiger partial charge in [-0.15, -0.1) is 0 Å². The quantitative estimate of drug-likeness (QED) is 0.265. The van der Waals surface area contributed by atoms with E-state index in [-0.39, 0.29) is 5.91 Å². The van der Waals surface area contributed by atoms with Crippen LogP contribution >= 0.6 is 23.2 Å². The van der Waals surface area contributed by atoms with Gasteiger partial charge in [0.25, 0.3) is 0 Å². The highest BCUT2D eigenvalue weighted by molar-refractivity contribution is 6.35. The number of benzene rings is 2. The third-order valence-electron chi connectivity index (χ3n) is 5.01. The number of carbonyl (C=O) groups is 1. The number of nitrogens with zero attached hydrogens (tertiary/aromatic N) is 2. The SMILES string of the molecule is O=C(/C=C/c1ccc(-c2cc(Cl)cc(Cl)c2)o1)NCc1ccc(-c2nc3ncccc3o2)cc1. The molecule has 0 bridgehead atoms. The van der Waals surface area contributed by atoms with Gasteiger partial charge in [0.1, 0.15) is 11.5 Å². The van der Waals surface area contributed by atoms with Crippen molar-refractivity contribution in [2.75, 3.05) is 0 Å². The van der Waals surface area contributed by atoms with Crippen LogP contribution in [0.25, 0.3) is 40.1 Å². The summed E-state index contributed by atoms with van der Waals surface area (Å²) in [5, 5.41) is 3.90. The van der Waals surface area contributed by atoms with Crippen LogP contribution in [-0.2, 0) is 11.3 Å². The summed E-state index contributed by atoms with van der Waals surface area (Å²) in [5.41, 5.74) is 3.75. The van der Waals surface area contributed by atoms with Gasteiger partial charge in [-0.3, -0.25) is 4.79 Å². The molecular weight excluding hydrogens is 473 g/mol. The third-order valence-corrected chi connectivity index (χ3v) is 5.44. The van der Waals surface area contributed by atoms with E-state index < -0.39 is 0 Å². The van der Waals surface area contributed by atoms with Crippen molar-refractivity contribution in [2.45, 2.75) is 6.54 Å². The van der Waals surface area contributed by atoms with Crippen molar-refractivity contribution in [3.8, 4) is 22.8 Å². The minimum absolute atomic E-state index is 0.238. The molecule has 168 valence electrons. The number of oxazole rings is 1. The Morgan fingerprint density at radius 1 is 0.941 bits per heavy atom. The molecule has 6 nitrogen and oxygen atoms in total. The number of amides is 1. The average molecular weight is 490 g/mol. The summed E-state index contributed by atoms with van der Waals surface area (Å²) in [4.78, 5) is 20.8. The van der Waals surface area contributed by atoms with Crippen LogP contribution < -0.4 is 5.32 Å². The summed E-state index contributed by atoms with van der Waals surface area (Å²) in [6, 6.07) is 20.0. The van der Waals surface area contributed by atoms with E-state index in [4.69, 9.17) is 32.0 Å². The molecule has 0 saturated carbocycles. The van der Waals surface area contributed by atoms with Crippen LogP contribution in [0.15, 0.2) is 87.8 Å². The lowest BCUT2D eigenvalue weighted by Crippen LogP contribution is -2.20. The molecule has 0 saturated heterocycles. The van der Waals surface area contributed by atoms with E-state index in [0.717, 1.165) is 16.7 Å². The predicted octanol–water partition coefficient (Wildman–Crippen LogP) is 6.79. The Bertz CT molecular complexity index is 1450. The summed E-state index contributed by atoms with van der Waals surface area (Å²) in [6.45, 7) is 0.378. The predicted molar refractivity (Wildman–Crippen MR) is 132 cm³/mol. The highest BCUT2D eigenvalue weighted by Crippen LogP contribution is 2.29. The molecule has 1 amide bonds. The fourth-order valence-electron chi connectivity index (χ4n) is 3.36. The molecule has 0 aliphatic carbocycles. The zero-order valence-electron chi connectivity index (χ0n) is 17.7. The zero-order chi connectivity index (χ0) is 23.5. The topological polar surface area (TPSA) is 81.2 Å². The van der Waals surface area contributed by atoms with E-state index in [1.54, 1.807) is 48.7 Å². The van der Waals surface area contributed by atoms with Crippen molar-refractivity contribution in [1.82, 2.24) is 15.3 Å². The number of fused-ring (bicyclic) bond motifs is 1. The van der Waals surface area contributed by atoms with Crippen LogP contribution in [-0.4, -0.2) is 15.9 Å². The second kappa shape index (κ2) is 9.55.